The number of hydrogen-bond donors (Lipinski definition) is 0. The van der Waals surface area contributed by atoms with Crippen LogP contribution >= 0.6 is 0 Å². The highest BCUT2D eigenvalue weighted by molar-refractivity contribution is 6.15. The molecule has 3 heteroatoms. The highest BCUT2D eigenvalue weighted by Gasteiger charge is 2.25. The van der Waals surface area contributed by atoms with Gasteiger partial charge in [-0.25, -0.2) is 4.85 Å². The first kappa shape index (κ1) is 24.8. The molecule has 3 nitrogen and oxygen atoms in total. The Hall–Kier alpha value is -3.90. The Kier molecular flexibility index (Phi) is 6.16. The zero-order valence-corrected chi connectivity index (χ0v) is 23.0. The normalized spacial score (nSPS) is 11.8. The van der Waals surface area contributed by atoms with E-state index in [1.165, 1.54) is 22.4 Å². The van der Waals surface area contributed by atoms with Gasteiger partial charge in [0.25, 0.3) is 0 Å². The number of aryl methyl sites for hydroxylation is 2. The van der Waals surface area contributed by atoms with Crippen LogP contribution in [-0.2, 0) is 19.9 Å². The van der Waals surface area contributed by atoms with Gasteiger partial charge in [-0.2, -0.15) is 4.57 Å². The molecule has 0 saturated heterocycles. The lowest BCUT2D eigenvalue weighted by atomic mass is 9.87. The lowest BCUT2D eigenvalue weighted by Gasteiger charge is -2.19. The van der Waals surface area contributed by atoms with E-state index in [1.54, 1.807) is 0 Å². The van der Waals surface area contributed by atoms with Crippen LogP contribution in [-0.4, -0.2) is 0 Å². The Morgan fingerprint density at radius 2 is 1.49 bits per heavy atom. The van der Waals surface area contributed by atoms with Crippen LogP contribution in [0.15, 0.2) is 65.1 Å². The van der Waals surface area contributed by atoms with Gasteiger partial charge >= 0.3 is 0 Å². The number of furan rings is 1. The fourth-order valence-corrected chi connectivity index (χ4v) is 5.41. The molecular weight excluding hydrogens is 452 g/mol. The largest absolute Gasteiger partial charge is 0.456 e. The molecule has 0 aliphatic carbocycles. The van der Waals surface area contributed by atoms with Crippen LogP contribution in [0.4, 0.5) is 5.69 Å². The van der Waals surface area contributed by atoms with Crippen LogP contribution < -0.4 is 4.57 Å². The van der Waals surface area contributed by atoms with Gasteiger partial charge in [0.05, 0.1) is 12.1 Å². The van der Waals surface area contributed by atoms with E-state index in [1.807, 2.05) is 12.1 Å². The summed E-state index contributed by atoms with van der Waals surface area (Å²) in [4.78, 5) is 3.86. The van der Waals surface area contributed by atoms with Crippen molar-refractivity contribution in [2.24, 2.45) is 12.5 Å². The van der Waals surface area contributed by atoms with Gasteiger partial charge in [-0.1, -0.05) is 76.2 Å². The van der Waals surface area contributed by atoms with Crippen molar-refractivity contribution in [2.45, 2.75) is 54.4 Å². The summed E-state index contributed by atoms with van der Waals surface area (Å²) < 4.78 is 9.05. The summed E-state index contributed by atoms with van der Waals surface area (Å²) in [6, 6.07) is 21.3. The molecule has 0 aliphatic heterocycles. The Morgan fingerprint density at radius 1 is 0.838 bits per heavy atom. The predicted molar refractivity (Wildman–Crippen MR) is 154 cm³/mol. The van der Waals surface area contributed by atoms with E-state index in [4.69, 9.17) is 11.0 Å². The number of benzene rings is 3. The maximum atomic E-state index is 7.85. The third-order valence-corrected chi connectivity index (χ3v) is 7.52. The summed E-state index contributed by atoms with van der Waals surface area (Å²) >= 11 is 0. The van der Waals surface area contributed by atoms with Crippen LogP contribution in [0.3, 0.4) is 0 Å². The van der Waals surface area contributed by atoms with Gasteiger partial charge in [0.1, 0.15) is 18.2 Å². The van der Waals surface area contributed by atoms with Crippen molar-refractivity contribution in [3.63, 3.8) is 0 Å². The Morgan fingerprint density at radius 3 is 2.11 bits per heavy atom. The first-order valence-corrected chi connectivity index (χ1v) is 13.1. The molecule has 0 bridgehead atoms. The topological polar surface area (TPSA) is 21.4 Å². The molecule has 2 aromatic heterocycles. The molecule has 2 heterocycles. The highest BCUT2D eigenvalue weighted by atomic mass is 16.3. The predicted octanol–water partition coefficient (Wildman–Crippen LogP) is 9.06. The maximum absolute atomic E-state index is 7.85. The molecular formula is C34H35N2O+. The van der Waals surface area contributed by atoms with Crippen molar-refractivity contribution in [1.82, 2.24) is 0 Å². The van der Waals surface area contributed by atoms with Crippen LogP contribution in [0.1, 0.15) is 50.1 Å². The maximum Gasteiger partial charge on any atom is 0.216 e. The van der Waals surface area contributed by atoms with E-state index in [0.717, 1.165) is 57.2 Å². The average molecular weight is 488 g/mol. The Balaban J connectivity index is 1.79. The second-order valence-electron chi connectivity index (χ2n) is 11.4. The van der Waals surface area contributed by atoms with E-state index in [9.17, 15) is 0 Å². The van der Waals surface area contributed by atoms with Crippen molar-refractivity contribution in [1.29, 1.82) is 0 Å². The summed E-state index contributed by atoms with van der Waals surface area (Å²) in [5.74, 6) is 0. The molecule has 0 fully saturated rings. The molecule has 37 heavy (non-hydrogen) atoms. The van der Waals surface area contributed by atoms with Gasteiger partial charge in [0.2, 0.25) is 5.69 Å². The van der Waals surface area contributed by atoms with Crippen molar-refractivity contribution in [3.8, 4) is 22.4 Å². The smallest absolute Gasteiger partial charge is 0.216 e. The van der Waals surface area contributed by atoms with E-state index in [2.05, 4.69) is 107 Å². The summed E-state index contributed by atoms with van der Waals surface area (Å²) in [6.07, 6.45) is 2.01. The number of hydrogen-bond acceptors (Lipinski definition) is 1. The fourth-order valence-electron chi connectivity index (χ4n) is 5.41. The fraction of sp³-hybridized carbons (Fsp3) is 0.294. The van der Waals surface area contributed by atoms with E-state index in [0.29, 0.717) is 5.69 Å². The third-order valence-electron chi connectivity index (χ3n) is 7.52. The summed E-state index contributed by atoms with van der Waals surface area (Å²) in [5.41, 5.74) is 11.7. The van der Waals surface area contributed by atoms with Gasteiger partial charge < -0.3 is 4.42 Å². The highest BCUT2D eigenvalue weighted by Crippen LogP contribution is 2.44. The molecule has 5 aromatic rings. The first-order chi connectivity index (χ1) is 17.6. The first-order valence-electron chi connectivity index (χ1n) is 13.1. The molecule has 0 N–H and O–H groups in total. The minimum atomic E-state index is 0.223. The number of aromatic nitrogens is 1. The minimum Gasteiger partial charge on any atom is -0.456 e. The van der Waals surface area contributed by atoms with Gasteiger partial charge in [0.15, 0.2) is 11.4 Å². The lowest BCUT2D eigenvalue weighted by molar-refractivity contribution is -0.667. The Labute approximate surface area is 220 Å². The van der Waals surface area contributed by atoms with Crippen molar-refractivity contribution in [3.05, 3.63) is 94.5 Å². The molecule has 0 amide bonds. The third kappa shape index (κ3) is 4.31. The molecule has 0 saturated carbocycles. The lowest BCUT2D eigenvalue weighted by Crippen LogP contribution is -2.36. The second-order valence-corrected chi connectivity index (χ2v) is 11.4. The molecule has 186 valence electrons. The van der Waals surface area contributed by atoms with Crippen molar-refractivity contribution < 1.29 is 8.98 Å². The van der Waals surface area contributed by atoms with Crippen LogP contribution in [0.2, 0.25) is 0 Å². The van der Waals surface area contributed by atoms with E-state index in [-0.39, 0.29) is 5.41 Å². The SMILES string of the molecule is [C-]#[N+]c1ccc2c(oc3c(-c4ccc(CC(C)(C)C)c(C)[n+]4C)c(C)ccc32)c1-c1ccc(CC)cc1. The number of rotatable bonds is 4. The van der Waals surface area contributed by atoms with Gasteiger partial charge in [0, 0.05) is 34.9 Å². The zero-order chi connectivity index (χ0) is 26.5. The molecule has 0 unspecified atom stereocenters. The van der Waals surface area contributed by atoms with Crippen LogP contribution in [0.25, 0.3) is 49.2 Å². The second kappa shape index (κ2) is 9.20. The van der Waals surface area contributed by atoms with Gasteiger partial charge in [-0.15, -0.1) is 0 Å². The summed E-state index contributed by atoms with van der Waals surface area (Å²) in [6.45, 7) is 21.2. The van der Waals surface area contributed by atoms with Crippen LogP contribution in [0.5, 0.6) is 0 Å². The molecule has 0 aliphatic rings. The monoisotopic (exact) mass is 487 g/mol. The molecule has 5 rings (SSSR count). The van der Waals surface area contributed by atoms with Crippen LogP contribution in [0, 0.1) is 25.8 Å². The zero-order valence-electron chi connectivity index (χ0n) is 23.0. The van der Waals surface area contributed by atoms with Crippen molar-refractivity contribution in [2.75, 3.05) is 0 Å². The van der Waals surface area contributed by atoms with Crippen molar-refractivity contribution >= 4 is 27.6 Å². The molecule has 3 aromatic carbocycles. The molecule has 0 atom stereocenters. The molecule has 0 spiro atoms. The summed E-state index contributed by atoms with van der Waals surface area (Å²) in [7, 11) is 2.15. The number of nitrogens with zero attached hydrogens (tertiary/aromatic N) is 2. The van der Waals surface area contributed by atoms with E-state index < -0.39 is 0 Å². The quantitative estimate of drug-likeness (QED) is 0.183. The standard InChI is InChI=1S/C34H35N2O/c1-9-23-11-13-24(14-12-23)31-28(35-7)18-17-27-26-16-10-21(2)30(32(26)37-33(27)31)29-19-15-25(20-34(4,5)6)22(3)36(29)8/h10-19H,9,20H2,1-6,8H3/q+1. The van der Waals surface area contributed by atoms with Gasteiger partial charge in [-0.3, -0.25) is 0 Å². The Bertz CT molecular complexity index is 1690. The minimum absolute atomic E-state index is 0.223. The molecule has 0 radical (unpaired) electrons. The van der Waals surface area contributed by atoms with E-state index >= 15 is 0 Å². The summed E-state index contributed by atoms with van der Waals surface area (Å²) in [5, 5.41) is 2.12. The average Bonchev–Trinajstić information content (AvgIpc) is 3.25. The number of fused-ring (bicyclic) bond motifs is 3. The number of pyridine rings is 1. The van der Waals surface area contributed by atoms with Gasteiger partial charge in [-0.05, 0) is 47.9 Å².